The molecule has 37 heavy (non-hydrogen) atoms. The second-order valence-electron chi connectivity index (χ2n) is 8.45. The van der Waals surface area contributed by atoms with Crippen LogP contribution >= 0.6 is 0 Å². The SMILES string of the molecule is C=CS(=O)(=O)NCC1CN(S(=O)(=O)c2ccc(CC(=O)NCc3ccc(C(F)(F)F)cc3)cc2)CC1F. The third-order valence-electron chi connectivity index (χ3n) is 5.79. The smallest absolute Gasteiger partial charge is 0.352 e. The third-order valence-corrected chi connectivity index (χ3v) is 8.64. The van der Waals surface area contributed by atoms with E-state index in [0.717, 1.165) is 16.4 Å². The van der Waals surface area contributed by atoms with E-state index in [1.807, 2.05) is 0 Å². The Hall–Kier alpha value is -2.81. The molecule has 1 aliphatic heterocycles. The predicted molar refractivity (Wildman–Crippen MR) is 128 cm³/mol. The zero-order valence-corrected chi connectivity index (χ0v) is 21.0. The van der Waals surface area contributed by atoms with Gasteiger partial charge in [-0.05, 0) is 35.4 Å². The lowest BCUT2D eigenvalue weighted by atomic mass is 10.1. The quantitative estimate of drug-likeness (QED) is 0.432. The molecule has 0 radical (unpaired) electrons. The molecule has 1 heterocycles. The Balaban J connectivity index is 1.55. The van der Waals surface area contributed by atoms with Crippen molar-refractivity contribution < 1.29 is 39.2 Å². The van der Waals surface area contributed by atoms with E-state index in [1.165, 1.54) is 36.4 Å². The van der Waals surface area contributed by atoms with E-state index in [2.05, 4.69) is 16.6 Å². The minimum atomic E-state index is -4.45. The van der Waals surface area contributed by atoms with Gasteiger partial charge in [0.2, 0.25) is 26.0 Å². The van der Waals surface area contributed by atoms with Crippen molar-refractivity contribution in [3.8, 4) is 0 Å². The van der Waals surface area contributed by atoms with Crippen LogP contribution in [0.15, 0.2) is 65.4 Å². The van der Waals surface area contributed by atoms with E-state index in [-0.39, 0.29) is 31.0 Å². The van der Waals surface area contributed by atoms with Gasteiger partial charge in [-0.3, -0.25) is 4.79 Å². The van der Waals surface area contributed by atoms with Crippen LogP contribution in [0.5, 0.6) is 0 Å². The van der Waals surface area contributed by atoms with Crippen LogP contribution in [0.25, 0.3) is 0 Å². The summed E-state index contributed by atoms with van der Waals surface area (Å²) in [5, 5.41) is 3.27. The number of hydrogen-bond donors (Lipinski definition) is 2. The molecule has 14 heteroatoms. The molecule has 1 saturated heterocycles. The van der Waals surface area contributed by atoms with Gasteiger partial charge in [0.1, 0.15) is 6.17 Å². The molecule has 0 saturated carbocycles. The van der Waals surface area contributed by atoms with Gasteiger partial charge in [0.15, 0.2) is 0 Å². The number of nitrogens with one attached hydrogen (secondary N) is 2. The van der Waals surface area contributed by atoms with Crippen LogP contribution in [0.3, 0.4) is 0 Å². The number of carbonyl (C=O) groups excluding carboxylic acids is 1. The Bertz CT molecular complexity index is 1330. The number of amides is 1. The Morgan fingerprint density at radius 2 is 1.59 bits per heavy atom. The number of rotatable bonds is 10. The second kappa shape index (κ2) is 11.3. The lowest BCUT2D eigenvalue weighted by molar-refractivity contribution is -0.137. The molecule has 3 rings (SSSR count). The number of alkyl halides is 4. The fourth-order valence-corrected chi connectivity index (χ4v) is 5.72. The van der Waals surface area contributed by atoms with Crippen molar-refractivity contribution in [3.63, 3.8) is 0 Å². The molecule has 2 atom stereocenters. The van der Waals surface area contributed by atoms with Crippen molar-refractivity contribution in [2.24, 2.45) is 5.92 Å². The summed E-state index contributed by atoms with van der Waals surface area (Å²) in [5.41, 5.74) is 0.182. The van der Waals surface area contributed by atoms with Crippen molar-refractivity contribution in [1.82, 2.24) is 14.3 Å². The fraction of sp³-hybridized carbons (Fsp3) is 0.348. The van der Waals surface area contributed by atoms with E-state index in [0.29, 0.717) is 16.5 Å². The minimum absolute atomic E-state index is 0.0207. The standard InChI is InChI=1S/C23H25F4N3O5S2/c1-2-36(32,33)29-13-18-14-30(15-21(18)24)37(34,35)20-9-5-16(6-10-20)11-22(31)28-12-17-3-7-19(8-4-17)23(25,26)27/h2-10,18,21,29H,1,11-15H2,(H,28,31). The van der Waals surface area contributed by atoms with Crippen molar-refractivity contribution >= 4 is 26.0 Å². The molecule has 2 N–H and O–H groups in total. The van der Waals surface area contributed by atoms with Gasteiger partial charge in [-0.25, -0.2) is 25.9 Å². The highest BCUT2D eigenvalue weighted by Crippen LogP contribution is 2.29. The summed E-state index contributed by atoms with van der Waals surface area (Å²) in [6, 6.07) is 9.82. The highest BCUT2D eigenvalue weighted by atomic mass is 32.2. The zero-order chi connectivity index (χ0) is 27.4. The van der Waals surface area contributed by atoms with Crippen LogP contribution in [0.4, 0.5) is 17.6 Å². The van der Waals surface area contributed by atoms with Gasteiger partial charge in [-0.2, -0.15) is 17.5 Å². The fourth-order valence-electron chi connectivity index (χ4n) is 3.65. The van der Waals surface area contributed by atoms with Crippen molar-refractivity contribution in [2.75, 3.05) is 19.6 Å². The van der Waals surface area contributed by atoms with Gasteiger partial charge >= 0.3 is 6.18 Å². The first-order chi connectivity index (χ1) is 17.2. The van der Waals surface area contributed by atoms with E-state index in [9.17, 15) is 39.2 Å². The average molecular weight is 564 g/mol. The average Bonchev–Trinajstić information content (AvgIpc) is 3.23. The maximum absolute atomic E-state index is 14.4. The first-order valence-corrected chi connectivity index (χ1v) is 14.0. The zero-order valence-electron chi connectivity index (χ0n) is 19.4. The molecule has 0 spiro atoms. The summed E-state index contributed by atoms with van der Waals surface area (Å²) in [6.07, 6.45) is -6.10. The first kappa shape index (κ1) is 28.8. The van der Waals surface area contributed by atoms with Gasteiger partial charge in [-0.15, -0.1) is 0 Å². The number of carbonyl (C=O) groups is 1. The van der Waals surface area contributed by atoms with Gasteiger partial charge in [0.25, 0.3) is 0 Å². The molecular weight excluding hydrogens is 538 g/mol. The minimum Gasteiger partial charge on any atom is -0.352 e. The molecule has 8 nitrogen and oxygen atoms in total. The second-order valence-corrected chi connectivity index (χ2v) is 12.1. The maximum atomic E-state index is 14.4. The van der Waals surface area contributed by atoms with E-state index < -0.39 is 56.3 Å². The Kier molecular flexibility index (Phi) is 8.78. The van der Waals surface area contributed by atoms with Gasteiger partial charge in [0.05, 0.1) is 16.9 Å². The number of benzene rings is 2. The molecule has 2 aromatic rings. The highest BCUT2D eigenvalue weighted by molar-refractivity contribution is 7.92. The molecule has 2 aromatic carbocycles. The van der Waals surface area contributed by atoms with E-state index in [4.69, 9.17) is 0 Å². The highest BCUT2D eigenvalue weighted by Gasteiger charge is 2.39. The van der Waals surface area contributed by atoms with Crippen molar-refractivity contribution in [1.29, 1.82) is 0 Å². The number of nitrogens with zero attached hydrogens (tertiary/aromatic N) is 1. The van der Waals surface area contributed by atoms with Crippen LogP contribution in [0.1, 0.15) is 16.7 Å². The topological polar surface area (TPSA) is 113 Å². The van der Waals surface area contributed by atoms with Gasteiger partial charge in [0, 0.05) is 37.5 Å². The molecule has 0 aliphatic carbocycles. The lowest BCUT2D eigenvalue weighted by Crippen LogP contribution is -2.33. The van der Waals surface area contributed by atoms with Crippen molar-refractivity contribution in [2.45, 2.75) is 30.2 Å². The maximum Gasteiger partial charge on any atom is 0.416 e. The molecule has 202 valence electrons. The van der Waals surface area contributed by atoms with Gasteiger partial charge in [-0.1, -0.05) is 30.8 Å². The largest absolute Gasteiger partial charge is 0.416 e. The number of halogens is 4. The summed E-state index contributed by atoms with van der Waals surface area (Å²) >= 11 is 0. The van der Waals surface area contributed by atoms with Crippen LogP contribution in [-0.2, 0) is 44.0 Å². The van der Waals surface area contributed by atoms with Crippen LogP contribution in [0, 0.1) is 5.92 Å². The summed E-state index contributed by atoms with van der Waals surface area (Å²) in [7, 11) is -7.83. The summed E-state index contributed by atoms with van der Waals surface area (Å²) in [6.45, 7) is 2.25. The lowest BCUT2D eigenvalue weighted by Gasteiger charge is -2.16. The number of sulfonamides is 2. The Morgan fingerprint density at radius 1 is 1.00 bits per heavy atom. The van der Waals surface area contributed by atoms with Crippen LogP contribution in [-0.4, -0.2) is 52.9 Å². The molecule has 1 amide bonds. The molecule has 0 aromatic heterocycles. The first-order valence-electron chi connectivity index (χ1n) is 11.0. The molecule has 2 unspecified atom stereocenters. The number of hydrogen-bond acceptors (Lipinski definition) is 5. The van der Waals surface area contributed by atoms with Crippen LogP contribution < -0.4 is 10.0 Å². The van der Waals surface area contributed by atoms with E-state index in [1.54, 1.807) is 0 Å². The van der Waals surface area contributed by atoms with Gasteiger partial charge < -0.3 is 5.32 Å². The molecule has 1 aliphatic rings. The normalized spacial score (nSPS) is 19.0. The van der Waals surface area contributed by atoms with E-state index >= 15 is 0 Å². The molecule has 1 fully saturated rings. The molecular formula is C23H25F4N3O5S2. The Morgan fingerprint density at radius 3 is 2.16 bits per heavy atom. The molecule has 0 bridgehead atoms. The monoisotopic (exact) mass is 563 g/mol. The summed E-state index contributed by atoms with van der Waals surface area (Å²) in [4.78, 5) is 12.1. The predicted octanol–water partition coefficient (Wildman–Crippen LogP) is 2.59. The summed E-state index contributed by atoms with van der Waals surface area (Å²) < 4.78 is 104. The summed E-state index contributed by atoms with van der Waals surface area (Å²) in [5.74, 6) is -1.28. The third kappa shape index (κ3) is 7.60. The van der Waals surface area contributed by atoms with Crippen molar-refractivity contribution in [3.05, 3.63) is 77.2 Å². The van der Waals surface area contributed by atoms with Crippen LogP contribution in [0.2, 0.25) is 0 Å². The Labute approximate surface area is 212 Å².